The summed E-state index contributed by atoms with van der Waals surface area (Å²) in [5, 5.41) is 0. The number of carbonyl (C=O) groups excluding carboxylic acids is 1. The van der Waals surface area contributed by atoms with Crippen LogP contribution in [0.3, 0.4) is 0 Å². The Morgan fingerprint density at radius 1 is 1.47 bits per heavy atom. The van der Waals surface area contributed by atoms with Gasteiger partial charge in [-0.1, -0.05) is 24.4 Å². The van der Waals surface area contributed by atoms with Crippen molar-refractivity contribution in [2.45, 2.75) is 13.0 Å². The Balaban J connectivity index is 2.49. The van der Waals surface area contributed by atoms with Gasteiger partial charge in [-0.2, -0.15) is 0 Å². The fourth-order valence-electron chi connectivity index (χ4n) is 2.35. The van der Waals surface area contributed by atoms with Crippen LogP contribution >= 0.6 is 12.2 Å². The molecule has 6 heteroatoms. The van der Waals surface area contributed by atoms with E-state index in [1.165, 1.54) is 0 Å². The van der Waals surface area contributed by atoms with E-state index in [2.05, 4.69) is 0 Å². The SMILES string of the molecule is Cc1cccc(C(N)=S)c1N1CCOCC1C(N)=O. The van der Waals surface area contributed by atoms with E-state index >= 15 is 0 Å². The highest BCUT2D eigenvalue weighted by molar-refractivity contribution is 7.80. The Hall–Kier alpha value is -1.66. The maximum atomic E-state index is 11.6. The number of anilines is 1. The standard InChI is InChI=1S/C13H17N3O2S/c1-8-3-2-4-9(13(15)19)11(8)16-5-6-18-7-10(16)12(14)17/h2-4,10H,5-7H2,1H3,(H2,14,17)(H2,15,19). The molecular formula is C13H17N3O2S. The van der Waals surface area contributed by atoms with Crippen molar-refractivity contribution < 1.29 is 9.53 Å². The maximum absolute atomic E-state index is 11.6. The number of carbonyl (C=O) groups is 1. The minimum Gasteiger partial charge on any atom is -0.389 e. The molecule has 0 bridgehead atoms. The molecule has 1 unspecified atom stereocenters. The van der Waals surface area contributed by atoms with E-state index in [1.807, 2.05) is 30.0 Å². The zero-order valence-electron chi connectivity index (χ0n) is 10.8. The van der Waals surface area contributed by atoms with Gasteiger partial charge in [0.25, 0.3) is 0 Å². The molecule has 1 heterocycles. The number of hydrogen-bond donors (Lipinski definition) is 2. The molecule has 1 aliphatic heterocycles. The second-order valence-corrected chi connectivity index (χ2v) is 4.96. The van der Waals surface area contributed by atoms with Gasteiger partial charge in [-0.25, -0.2) is 0 Å². The van der Waals surface area contributed by atoms with Crippen LogP contribution in [0.1, 0.15) is 11.1 Å². The topological polar surface area (TPSA) is 81.6 Å². The summed E-state index contributed by atoms with van der Waals surface area (Å²) in [4.78, 5) is 13.8. The third kappa shape index (κ3) is 2.69. The minimum atomic E-state index is -0.483. The summed E-state index contributed by atoms with van der Waals surface area (Å²) in [5.41, 5.74) is 13.9. The molecule has 1 aliphatic rings. The smallest absolute Gasteiger partial charge is 0.242 e. The highest BCUT2D eigenvalue weighted by Crippen LogP contribution is 2.28. The van der Waals surface area contributed by atoms with E-state index in [4.69, 9.17) is 28.4 Å². The lowest BCUT2D eigenvalue weighted by atomic mass is 10.0. The summed E-state index contributed by atoms with van der Waals surface area (Å²) in [6, 6.07) is 5.23. The van der Waals surface area contributed by atoms with Crippen molar-refractivity contribution in [3.8, 4) is 0 Å². The van der Waals surface area contributed by atoms with Gasteiger partial charge in [0, 0.05) is 12.1 Å². The summed E-state index contributed by atoms with van der Waals surface area (Å²) >= 11 is 5.09. The van der Waals surface area contributed by atoms with Crippen LogP contribution in [-0.2, 0) is 9.53 Å². The predicted octanol–water partition coefficient (Wildman–Crippen LogP) is 0.320. The van der Waals surface area contributed by atoms with Crippen molar-refractivity contribution >= 4 is 28.8 Å². The van der Waals surface area contributed by atoms with Crippen LogP contribution in [-0.4, -0.2) is 36.7 Å². The van der Waals surface area contributed by atoms with E-state index in [0.717, 1.165) is 16.8 Å². The number of rotatable bonds is 3. The van der Waals surface area contributed by atoms with Crippen molar-refractivity contribution in [3.05, 3.63) is 29.3 Å². The van der Waals surface area contributed by atoms with Crippen LogP contribution in [0.25, 0.3) is 0 Å². The van der Waals surface area contributed by atoms with Gasteiger partial charge in [-0.05, 0) is 18.6 Å². The lowest BCUT2D eigenvalue weighted by Gasteiger charge is -2.37. The number of morpholine rings is 1. The van der Waals surface area contributed by atoms with Gasteiger partial charge >= 0.3 is 0 Å². The molecule has 0 aromatic heterocycles. The highest BCUT2D eigenvalue weighted by Gasteiger charge is 2.30. The fraction of sp³-hybridized carbons (Fsp3) is 0.385. The van der Waals surface area contributed by atoms with Crippen molar-refractivity contribution in [2.24, 2.45) is 11.5 Å². The summed E-state index contributed by atoms with van der Waals surface area (Å²) in [6.07, 6.45) is 0. The Morgan fingerprint density at radius 3 is 2.84 bits per heavy atom. The molecule has 1 atom stereocenters. The lowest BCUT2D eigenvalue weighted by molar-refractivity contribution is -0.121. The molecule has 2 rings (SSSR count). The largest absolute Gasteiger partial charge is 0.389 e. The van der Waals surface area contributed by atoms with Gasteiger partial charge < -0.3 is 21.1 Å². The average Bonchev–Trinajstić information content (AvgIpc) is 2.38. The number of benzene rings is 1. The number of thiocarbonyl (C=S) groups is 1. The first-order valence-electron chi connectivity index (χ1n) is 6.05. The van der Waals surface area contributed by atoms with Crippen LogP contribution < -0.4 is 16.4 Å². The second kappa shape index (κ2) is 5.54. The molecule has 5 nitrogen and oxygen atoms in total. The lowest BCUT2D eigenvalue weighted by Crippen LogP contribution is -2.53. The van der Waals surface area contributed by atoms with E-state index < -0.39 is 11.9 Å². The maximum Gasteiger partial charge on any atom is 0.242 e. The van der Waals surface area contributed by atoms with Crippen LogP contribution in [0.5, 0.6) is 0 Å². The fourth-order valence-corrected chi connectivity index (χ4v) is 2.51. The molecule has 0 aliphatic carbocycles. The molecular weight excluding hydrogens is 262 g/mol. The second-order valence-electron chi connectivity index (χ2n) is 4.52. The van der Waals surface area contributed by atoms with Crippen molar-refractivity contribution in [3.63, 3.8) is 0 Å². The van der Waals surface area contributed by atoms with E-state index in [-0.39, 0.29) is 0 Å². The molecule has 1 saturated heterocycles. The minimum absolute atomic E-state index is 0.292. The van der Waals surface area contributed by atoms with Gasteiger partial charge in [0.1, 0.15) is 11.0 Å². The molecule has 1 aromatic rings. The summed E-state index contributed by atoms with van der Waals surface area (Å²) in [5.74, 6) is -0.406. The molecule has 1 fully saturated rings. The third-order valence-corrected chi connectivity index (χ3v) is 3.47. The van der Waals surface area contributed by atoms with Crippen molar-refractivity contribution in [1.29, 1.82) is 0 Å². The van der Waals surface area contributed by atoms with E-state index in [1.54, 1.807) is 0 Å². The number of amides is 1. The number of hydrogen-bond acceptors (Lipinski definition) is 4. The van der Waals surface area contributed by atoms with Gasteiger partial charge in [0.15, 0.2) is 0 Å². The zero-order valence-corrected chi connectivity index (χ0v) is 11.6. The zero-order chi connectivity index (χ0) is 14.0. The van der Waals surface area contributed by atoms with Gasteiger partial charge in [-0.3, -0.25) is 4.79 Å². The monoisotopic (exact) mass is 279 g/mol. The summed E-state index contributed by atoms with van der Waals surface area (Å²) in [6.45, 7) is 3.40. The Labute approximate surface area is 117 Å². The third-order valence-electron chi connectivity index (χ3n) is 3.25. The summed E-state index contributed by atoms with van der Waals surface area (Å²) < 4.78 is 5.33. The number of nitrogens with zero attached hydrogens (tertiary/aromatic N) is 1. The van der Waals surface area contributed by atoms with Crippen LogP contribution in [0, 0.1) is 6.92 Å². The first-order valence-corrected chi connectivity index (χ1v) is 6.46. The molecule has 102 valence electrons. The van der Waals surface area contributed by atoms with Crippen molar-refractivity contribution in [2.75, 3.05) is 24.7 Å². The summed E-state index contributed by atoms with van der Waals surface area (Å²) in [7, 11) is 0. The van der Waals surface area contributed by atoms with Crippen LogP contribution in [0.2, 0.25) is 0 Å². The molecule has 0 radical (unpaired) electrons. The molecule has 19 heavy (non-hydrogen) atoms. The number of para-hydroxylation sites is 1. The molecule has 1 aromatic carbocycles. The molecule has 1 amide bonds. The Bertz CT molecular complexity index is 519. The number of ether oxygens (including phenoxy) is 1. The van der Waals surface area contributed by atoms with E-state index in [0.29, 0.717) is 24.7 Å². The first kappa shape index (κ1) is 13.8. The molecule has 4 N–H and O–H groups in total. The van der Waals surface area contributed by atoms with Gasteiger partial charge in [-0.15, -0.1) is 0 Å². The molecule has 0 saturated carbocycles. The number of aryl methyl sites for hydroxylation is 1. The van der Waals surface area contributed by atoms with Crippen molar-refractivity contribution in [1.82, 2.24) is 0 Å². The van der Waals surface area contributed by atoms with E-state index in [9.17, 15) is 4.79 Å². The average molecular weight is 279 g/mol. The van der Waals surface area contributed by atoms with Gasteiger partial charge in [0.2, 0.25) is 5.91 Å². The quantitative estimate of drug-likeness (QED) is 0.779. The van der Waals surface area contributed by atoms with Gasteiger partial charge in [0.05, 0.1) is 18.9 Å². The highest BCUT2D eigenvalue weighted by atomic mass is 32.1. The number of primary amides is 1. The first-order chi connectivity index (χ1) is 9.02. The Morgan fingerprint density at radius 2 is 2.21 bits per heavy atom. The van der Waals surface area contributed by atoms with Crippen LogP contribution in [0.4, 0.5) is 5.69 Å². The van der Waals surface area contributed by atoms with Crippen LogP contribution in [0.15, 0.2) is 18.2 Å². The Kier molecular flexibility index (Phi) is 4.01. The molecule has 0 spiro atoms. The normalized spacial score (nSPS) is 19.2. The predicted molar refractivity (Wildman–Crippen MR) is 78.2 cm³/mol. The number of nitrogens with two attached hydrogens (primary N) is 2.